The smallest absolute Gasteiger partial charge is 0.344 e. The number of benzene rings is 2. The molecule has 2 aromatic carbocycles. The SMILES string of the molecule is O=C(COC(=O)COc1cccc(Br)c1)NCc1ccccc1. The molecule has 0 aliphatic heterocycles. The monoisotopic (exact) mass is 377 g/mol. The molecule has 2 aromatic rings. The second-order valence-corrected chi connectivity index (χ2v) is 5.58. The lowest BCUT2D eigenvalue weighted by molar-refractivity contribution is -0.150. The van der Waals surface area contributed by atoms with Crippen molar-refractivity contribution in [3.8, 4) is 5.75 Å². The first-order valence-corrected chi connectivity index (χ1v) is 7.77. The standard InChI is InChI=1S/C17H16BrNO4/c18-14-7-4-8-15(9-14)22-12-17(21)23-11-16(20)19-10-13-5-2-1-3-6-13/h1-9H,10-12H2,(H,19,20). The Kier molecular flexibility index (Phi) is 6.62. The number of rotatable bonds is 7. The van der Waals surface area contributed by atoms with Crippen molar-refractivity contribution in [3.63, 3.8) is 0 Å². The van der Waals surface area contributed by atoms with Crippen LogP contribution >= 0.6 is 15.9 Å². The zero-order valence-corrected chi connectivity index (χ0v) is 13.9. The van der Waals surface area contributed by atoms with Crippen molar-refractivity contribution in [2.45, 2.75) is 6.54 Å². The van der Waals surface area contributed by atoms with Gasteiger partial charge in [-0.3, -0.25) is 4.79 Å². The average molecular weight is 378 g/mol. The molecule has 2 rings (SSSR count). The molecule has 0 unspecified atom stereocenters. The van der Waals surface area contributed by atoms with Gasteiger partial charge in [0.15, 0.2) is 13.2 Å². The summed E-state index contributed by atoms with van der Waals surface area (Å²) in [6, 6.07) is 16.6. The third kappa shape index (κ3) is 6.52. The number of ether oxygens (including phenoxy) is 2. The summed E-state index contributed by atoms with van der Waals surface area (Å²) in [6.45, 7) is -0.179. The van der Waals surface area contributed by atoms with Gasteiger partial charge in [0.25, 0.3) is 5.91 Å². The maximum atomic E-state index is 11.6. The predicted octanol–water partition coefficient (Wildman–Crippen LogP) is 2.69. The van der Waals surface area contributed by atoms with Crippen molar-refractivity contribution in [1.82, 2.24) is 5.32 Å². The molecule has 0 bridgehead atoms. The summed E-state index contributed by atoms with van der Waals surface area (Å²) in [7, 11) is 0. The van der Waals surface area contributed by atoms with E-state index < -0.39 is 5.97 Å². The first kappa shape index (κ1) is 17.0. The highest BCUT2D eigenvalue weighted by molar-refractivity contribution is 9.10. The molecule has 6 heteroatoms. The summed E-state index contributed by atoms with van der Waals surface area (Å²) in [5.41, 5.74) is 0.977. The van der Waals surface area contributed by atoms with Crippen LogP contribution in [0.4, 0.5) is 0 Å². The van der Waals surface area contributed by atoms with Gasteiger partial charge < -0.3 is 14.8 Å². The Morgan fingerprint density at radius 1 is 1.00 bits per heavy atom. The largest absolute Gasteiger partial charge is 0.482 e. The third-order valence-corrected chi connectivity index (χ3v) is 3.34. The van der Waals surface area contributed by atoms with Crippen LogP contribution in [0.15, 0.2) is 59.1 Å². The van der Waals surface area contributed by atoms with Crippen LogP contribution in [-0.2, 0) is 20.9 Å². The predicted molar refractivity (Wildman–Crippen MR) is 88.9 cm³/mol. The Labute approximate surface area is 142 Å². The van der Waals surface area contributed by atoms with Crippen molar-refractivity contribution < 1.29 is 19.1 Å². The maximum Gasteiger partial charge on any atom is 0.344 e. The molecule has 0 spiro atoms. The first-order chi connectivity index (χ1) is 11.1. The summed E-state index contributed by atoms with van der Waals surface area (Å²) >= 11 is 3.31. The number of hydrogen-bond acceptors (Lipinski definition) is 4. The number of carbonyl (C=O) groups is 2. The Morgan fingerprint density at radius 3 is 2.52 bits per heavy atom. The van der Waals surface area contributed by atoms with E-state index in [0.29, 0.717) is 12.3 Å². The van der Waals surface area contributed by atoms with E-state index in [1.807, 2.05) is 36.4 Å². The molecule has 0 saturated carbocycles. The van der Waals surface area contributed by atoms with Crippen molar-refractivity contribution in [2.24, 2.45) is 0 Å². The maximum absolute atomic E-state index is 11.6. The summed E-state index contributed by atoms with van der Waals surface area (Å²) < 4.78 is 11.0. The molecule has 0 aliphatic carbocycles. The number of carbonyl (C=O) groups excluding carboxylic acids is 2. The van der Waals surface area contributed by atoms with Gasteiger partial charge in [0.1, 0.15) is 5.75 Å². The highest BCUT2D eigenvalue weighted by Crippen LogP contribution is 2.17. The quantitative estimate of drug-likeness (QED) is 0.753. The van der Waals surface area contributed by atoms with Crippen LogP contribution in [0.3, 0.4) is 0 Å². The summed E-state index contributed by atoms with van der Waals surface area (Å²) in [5, 5.41) is 2.67. The highest BCUT2D eigenvalue weighted by Gasteiger charge is 2.08. The molecule has 1 amide bonds. The second kappa shape index (κ2) is 8.95. The minimum Gasteiger partial charge on any atom is -0.482 e. The molecule has 5 nitrogen and oxygen atoms in total. The number of amides is 1. The summed E-state index contributed by atoms with van der Waals surface area (Å²) in [5.74, 6) is -0.408. The fourth-order valence-electron chi connectivity index (χ4n) is 1.73. The Bertz CT molecular complexity index is 661. The van der Waals surface area contributed by atoms with Crippen LogP contribution in [0.2, 0.25) is 0 Å². The lowest BCUT2D eigenvalue weighted by atomic mass is 10.2. The van der Waals surface area contributed by atoms with Gasteiger partial charge in [-0.15, -0.1) is 0 Å². The van der Waals surface area contributed by atoms with Crippen LogP contribution in [0.5, 0.6) is 5.75 Å². The molecule has 0 saturated heterocycles. The van der Waals surface area contributed by atoms with E-state index in [0.717, 1.165) is 10.0 Å². The molecule has 1 N–H and O–H groups in total. The van der Waals surface area contributed by atoms with Gasteiger partial charge in [-0.1, -0.05) is 52.3 Å². The molecular weight excluding hydrogens is 362 g/mol. The minimum absolute atomic E-state index is 0.248. The van der Waals surface area contributed by atoms with Crippen molar-refractivity contribution in [3.05, 3.63) is 64.6 Å². The average Bonchev–Trinajstić information content (AvgIpc) is 2.57. The van der Waals surface area contributed by atoms with Gasteiger partial charge in [-0.25, -0.2) is 4.79 Å². The molecule has 0 atom stereocenters. The van der Waals surface area contributed by atoms with Crippen LogP contribution in [-0.4, -0.2) is 25.1 Å². The topological polar surface area (TPSA) is 64.6 Å². The van der Waals surface area contributed by atoms with Crippen molar-refractivity contribution in [2.75, 3.05) is 13.2 Å². The fraction of sp³-hybridized carbons (Fsp3) is 0.176. The van der Waals surface area contributed by atoms with E-state index >= 15 is 0 Å². The van der Waals surface area contributed by atoms with Gasteiger partial charge >= 0.3 is 5.97 Å². The summed E-state index contributed by atoms with van der Waals surface area (Å²) in [6.07, 6.45) is 0. The van der Waals surface area contributed by atoms with Crippen LogP contribution < -0.4 is 10.1 Å². The molecule has 0 heterocycles. The zero-order chi connectivity index (χ0) is 16.5. The zero-order valence-electron chi connectivity index (χ0n) is 12.3. The fourth-order valence-corrected chi connectivity index (χ4v) is 2.11. The van der Waals surface area contributed by atoms with Gasteiger partial charge in [0.05, 0.1) is 0 Å². The van der Waals surface area contributed by atoms with Gasteiger partial charge in [-0.2, -0.15) is 0 Å². The van der Waals surface area contributed by atoms with Gasteiger partial charge in [0, 0.05) is 11.0 Å². The second-order valence-electron chi connectivity index (χ2n) is 4.67. The summed E-state index contributed by atoms with van der Waals surface area (Å²) in [4.78, 5) is 23.1. The van der Waals surface area contributed by atoms with Gasteiger partial charge in [-0.05, 0) is 23.8 Å². The highest BCUT2D eigenvalue weighted by atomic mass is 79.9. The molecule has 0 aliphatic rings. The van der Waals surface area contributed by atoms with E-state index in [4.69, 9.17) is 9.47 Å². The van der Waals surface area contributed by atoms with E-state index in [9.17, 15) is 9.59 Å². The molecule has 0 radical (unpaired) electrons. The van der Waals surface area contributed by atoms with Crippen molar-refractivity contribution in [1.29, 1.82) is 0 Å². The molecular formula is C17H16BrNO4. The van der Waals surface area contributed by atoms with Crippen molar-refractivity contribution >= 4 is 27.8 Å². The molecule has 0 aromatic heterocycles. The normalized spacial score (nSPS) is 9.96. The van der Waals surface area contributed by atoms with Crippen LogP contribution in [0.25, 0.3) is 0 Å². The Hall–Kier alpha value is -2.34. The number of halogens is 1. The number of hydrogen-bond donors (Lipinski definition) is 1. The van der Waals surface area contributed by atoms with Gasteiger partial charge in [0.2, 0.25) is 0 Å². The van der Waals surface area contributed by atoms with Crippen LogP contribution in [0, 0.1) is 0 Å². The lowest BCUT2D eigenvalue weighted by Crippen LogP contribution is -2.29. The lowest BCUT2D eigenvalue weighted by Gasteiger charge is -2.08. The Morgan fingerprint density at radius 2 is 1.78 bits per heavy atom. The number of esters is 1. The molecule has 120 valence electrons. The Balaban J connectivity index is 1.64. The molecule has 0 fully saturated rings. The number of nitrogens with one attached hydrogen (secondary N) is 1. The van der Waals surface area contributed by atoms with E-state index in [-0.39, 0.29) is 19.1 Å². The van der Waals surface area contributed by atoms with E-state index in [1.54, 1.807) is 18.2 Å². The first-order valence-electron chi connectivity index (χ1n) is 6.98. The third-order valence-electron chi connectivity index (χ3n) is 2.85. The molecule has 23 heavy (non-hydrogen) atoms. The van der Waals surface area contributed by atoms with Crippen LogP contribution in [0.1, 0.15) is 5.56 Å². The van der Waals surface area contributed by atoms with E-state index in [1.165, 1.54) is 0 Å². The van der Waals surface area contributed by atoms with E-state index in [2.05, 4.69) is 21.2 Å². The minimum atomic E-state index is -0.597.